The lowest BCUT2D eigenvalue weighted by atomic mass is 9.66. The third-order valence-electron chi connectivity index (χ3n) is 8.52. The fourth-order valence-electron chi connectivity index (χ4n) is 6.75. The van der Waals surface area contributed by atoms with Gasteiger partial charge in [-0.15, -0.1) is 13.2 Å². The molecule has 2 amide bonds. The highest BCUT2D eigenvalue weighted by Crippen LogP contribution is 2.63. The molecular weight excluding hydrogens is 520 g/mol. The minimum absolute atomic E-state index is 0.156. The van der Waals surface area contributed by atoms with Gasteiger partial charge in [0, 0.05) is 6.54 Å². The van der Waals surface area contributed by atoms with E-state index in [1.54, 1.807) is 19.1 Å². The number of likely N-dealkylation sites (tertiary alicyclic amines) is 1. The second kappa shape index (κ2) is 11.4. The number of rotatable bonds is 12. The van der Waals surface area contributed by atoms with Crippen LogP contribution in [0.4, 0.5) is 5.69 Å². The van der Waals surface area contributed by atoms with E-state index < -0.39 is 41.1 Å². The number of benzene rings is 1. The number of fused-ring (bicyclic) bond motifs is 1. The number of ether oxygens (including phenoxy) is 2. The first-order valence-corrected chi connectivity index (χ1v) is 14.0. The average Bonchev–Trinajstić information content (AvgIpc) is 3.47. The Kier molecular flexibility index (Phi) is 8.59. The SMILES string of the molecule is C=CCCCCOC(=O)[C@H]1[C@H]2C(=O)N([C@H](C)CO)C(C(=O)N(CC=C)c3c(C)cccc3Cl)C23CC[C@]1(C)O3. The third-order valence-corrected chi connectivity index (χ3v) is 8.83. The van der Waals surface area contributed by atoms with Crippen molar-refractivity contribution in [3.63, 3.8) is 0 Å². The molecule has 6 atom stereocenters. The summed E-state index contributed by atoms with van der Waals surface area (Å²) in [5.74, 6) is -2.98. The van der Waals surface area contributed by atoms with Gasteiger partial charge in [0.2, 0.25) is 5.91 Å². The van der Waals surface area contributed by atoms with Crippen molar-refractivity contribution >= 4 is 35.1 Å². The van der Waals surface area contributed by atoms with Gasteiger partial charge in [0.15, 0.2) is 0 Å². The highest BCUT2D eigenvalue weighted by atomic mass is 35.5. The second-order valence-electron chi connectivity index (χ2n) is 11.1. The molecule has 9 heteroatoms. The van der Waals surface area contributed by atoms with E-state index in [-0.39, 0.29) is 31.6 Å². The first-order valence-electron chi connectivity index (χ1n) is 13.7. The largest absolute Gasteiger partial charge is 0.465 e. The Bertz CT molecular complexity index is 1140. The topological polar surface area (TPSA) is 96.4 Å². The van der Waals surface area contributed by atoms with E-state index in [9.17, 15) is 19.5 Å². The zero-order chi connectivity index (χ0) is 28.5. The van der Waals surface area contributed by atoms with Crippen LogP contribution < -0.4 is 4.90 Å². The summed E-state index contributed by atoms with van der Waals surface area (Å²) in [6, 6.07) is 3.65. The second-order valence-corrected chi connectivity index (χ2v) is 11.5. The number of anilines is 1. The van der Waals surface area contributed by atoms with Gasteiger partial charge in [-0.3, -0.25) is 14.4 Å². The van der Waals surface area contributed by atoms with Gasteiger partial charge in [-0.1, -0.05) is 35.9 Å². The summed E-state index contributed by atoms with van der Waals surface area (Å²) in [4.78, 5) is 45.1. The van der Waals surface area contributed by atoms with Crippen molar-refractivity contribution in [2.75, 3.05) is 24.7 Å². The number of hydrogen-bond donors (Lipinski definition) is 1. The smallest absolute Gasteiger partial charge is 0.312 e. The van der Waals surface area contributed by atoms with E-state index in [2.05, 4.69) is 13.2 Å². The van der Waals surface area contributed by atoms with Crippen LogP contribution >= 0.6 is 11.6 Å². The highest BCUT2D eigenvalue weighted by molar-refractivity contribution is 6.34. The summed E-state index contributed by atoms with van der Waals surface area (Å²) in [6.07, 6.45) is 6.72. The molecule has 2 bridgehead atoms. The third kappa shape index (κ3) is 4.81. The van der Waals surface area contributed by atoms with Crippen molar-refractivity contribution in [3.05, 3.63) is 54.1 Å². The maximum Gasteiger partial charge on any atom is 0.312 e. The molecule has 1 N–H and O–H groups in total. The zero-order valence-electron chi connectivity index (χ0n) is 23.0. The molecule has 3 fully saturated rings. The number of para-hydroxylation sites is 1. The number of nitrogens with zero attached hydrogens (tertiary/aromatic N) is 2. The quantitative estimate of drug-likeness (QED) is 0.234. The molecule has 3 saturated heterocycles. The average molecular weight is 559 g/mol. The van der Waals surface area contributed by atoms with Crippen LogP contribution in [-0.2, 0) is 23.9 Å². The first-order chi connectivity index (χ1) is 18.6. The normalized spacial score (nSPS) is 29.7. The molecule has 1 aromatic carbocycles. The van der Waals surface area contributed by atoms with Gasteiger partial charge in [0.05, 0.1) is 41.5 Å². The zero-order valence-corrected chi connectivity index (χ0v) is 23.8. The fourth-order valence-corrected chi connectivity index (χ4v) is 7.07. The van der Waals surface area contributed by atoms with Crippen LogP contribution in [0.25, 0.3) is 0 Å². The highest BCUT2D eigenvalue weighted by Gasteiger charge is 2.79. The van der Waals surface area contributed by atoms with Gasteiger partial charge in [-0.25, -0.2) is 0 Å². The number of hydrogen-bond acceptors (Lipinski definition) is 6. The van der Waals surface area contributed by atoms with Crippen molar-refractivity contribution in [2.45, 2.75) is 76.2 Å². The summed E-state index contributed by atoms with van der Waals surface area (Å²) < 4.78 is 12.3. The van der Waals surface area contributed by atoms with E-state index in [1.807, 2.05) is 32.1 Å². The number of aliphatic hydroxyl groups is 1. The van der Waals surface area contributed by atoms with Crippen molar-refractivity contribution in [1.82, 2.24) is 4.90 Å². The summed E-state index contributed by atoms with van der Waals surface area (Å²) in [5, 5.41) is 10.5. The van der Waals surface area contributed by atoms with E-state index in [4.69, 9.17) is 21.1 Å². The number of carbonyl (C=O) groups excluding carboxylic acids is 3. The van der Waals surface area contributed by atoms with Crippen molar-refractivity contribution in [3.8, 4) is 0 Å². The van der Waals surface area contributed by atoms with Crippen LogP contribution in [-0.4, -0.2) is 70.8 Å². The van der Waals surface area contributed by atoms with E-state index in [0.29, 0.717) is 30.0 Å². The minimum Gasteiger partial charge on any atom is -0.465 e. The number of allylic oxidation sites excluding steroid dienone is 1. The predicted octanol–water partition coefficient (Wildman–Crippen LogP) is 4.21. The summed E-state index contributed by atoms with van der Waals surface area (Å²) >= 11 is 6.57. The van der Waals surface area contributed by atoms with E-state index >= 15 is 0 Å². The number of aryl methyl sites for hydroxylation is 1. The maximum absolute atomic E-state index is 14.5. The Morgan fingerprint density at radius 3 is 2.69 bits per heavy atom. The Balaban J connectivity index is 1.74. The van der Waals surface area contributed by atoms with Gasteiger partial charge < -0.3 is 24.4 Å². The van der Waals surface area contributed by atoms with Crippen LogP contribution in [0.5, 0.6) is 0 Å². The standard InChI is InChI=1S/C30H39ClN2O6/c1-6-8-9-10-17-38-28(37)23-22-26(35)33(20(4)18-34)25(30(22)15-14-29(23,5)39-30)27(36)32(16-7-2)24-19(3)12-11-13-21(24)31/h6-7,11-13,20,22-23,25,34H,1-2,8-10,14-18H2,3-5H3/t20-,22+,23-,25?,29+,30?/m1/s1. The van der Waals surface area contributed by atoms with Crippen molar-refractivity contribution in [2.24, 2.45) is 11.8 Å². The molecule has 212 valence electrons. The van der Waals surface area contributed by atoms with Gasteiger partial charge in [0.25, 0.3) is 5.91 Å². The molecule has 2 unspecified atom stereocenters. The van der Waals surface area contributed by atoms with Crippen molar-refractivity contribution < 1.29 is 29.0 Å². The van der Waals surface area contributed by atoms with Crippen molar-refractivity contribution in [1.29, 1.82) is 0 Å². The van der Waals surface area contributed by atoms with Crippen LogP contribution in [0.2, 0.25) is 5.02 Å². The molecule has 4 rings (SSSR count). The maximum atomic E-state index is 14.5. The lowest BCUT2D eigenvalue weighted by Gasteiger charge is -2.39. The molecule has 3 heterocycles. The monoisotopic (exact) mass is 558 g/mol. The van der Waals surface area contributed by atoms with Gasteiger partial charge in [-0.2, -0.15) is 0 Å². The van der Waals surface area contributed by atoms with Crippen LogP contribution in [0.1, 0.15) is 51.5 Å². The van der Waals surface area contributed by atoms with Gasteiger partial charge >= 0.3 is 5.97 Å². The van der Waals surface area contributed by atoms with Gasteiger partial charge in [-0.05, 0) is 64.5 Å². The van der Waals surface area contributed by atoms with E-state index in [1.165, 1.54) is 9.80 Å². The predicted molar refractivity (Wildman–Crippen MR) is 149 cm³/mol. The molecule has 0 saturated carbocycles. The number of unbranched alkanes of at least 4 members (excludes halogenated alkanes) is 2. The summed E-state index contributed by atoms with van der Waals surface area (Å²) in [5.41, 5.74) is -0.843. The minimum atomic E-state index is -1.23. The molecule has 3 aliphatic heterocycles. The molecule has 0 aliphatic carbocycles. The molecule has 0 radical (unpaired) electrons. The molecule has 8 nitrogen and oxygen atoms in total. The Morgan fingerprint density at radius 2 is 2.05 bits per heavy atom. The number of carbonyl (C=O) groups is 3. The molecule has 3 aliphatic rings. The summed E-state index contributed by atoms with van der Waals surface area (Å²) in [6.45, 7) is 13.0. The first kappa shape index (κ1) is 29.3. The molecule has 1 aromatic rings. The van der Waals surface area contributed by atoms with Crippen LogP contribution in [0.15, 0.2) is 43.5 Å². The van der Waals surface area contributed by atoms with Crippen LogP contribution in [0, 0.1) is 18.8 Å². The lowest BCUT2D eigenvalue weighted by Crippen LogP contribution is -2.58. The Morgan fingerprint density at radius 1 is 1.31 bits per heavy atom. The van der Waals surface area contributed by atoms with Gasteiger partial charge in [0.1, 0.15) is 17.6 Å². The number of halogens is 1. The van der Waals surface area contributed by atoms with Crippen LogP contribution in [0.3, 0.4) is 0 Å². The molecule has 0 aromatic heterocycles. The number of amides is 2. The Hall–Kier alpha value is -2.68. The Labute approximate surface area is 235 Å². The lowest BCUT2D eigenvalue weighted by molar-refractivity contribution is -0.160. The molecule has 1 spiro atoms. The molecular formula is C30H39ClN2O6. The summed E-state index contributed by atoms with van der Waals surface area (Å²) in [7, 11) is 0. The number of esters is 1. The fraction of sp³-hybridized carbons (Fsp3) is 0.567. The molecule has 39 heavy (non-hydrogen) atoms. The number of aliphatic hydroxyl groups excluding tert-OH is 1. The van der Waals surface area contributed by atoms with E-state index in [0.717, 1.165) is 18.4 Å².